The van der Waals surface area contributed by atoms with Crippen molar-refractivity contribution >= 4 is 6.29 Å². The summed E-state index contributed by atoms with van der Waals surface area (Å²) in [6.07, 6.45) is 0.539. The number of benzene rings is 1. The Labute approximate surface area is 108 Å². The molecule has 0 saturated carbocycles. The van der Waals surface area contributed by atoms with Crippen molar-refractivity contribution in [1.82, 2.24) is 0 Å². The Morgan fingerprint density at radius 2 is 1.53 bits per heavy atom. The van der Waals surface area contributed by atoms with Crippen LogP contribution >= 0.6 is 0 Å². The maximum atomic E-state index is 11.2. The van der Waals surface area contributed by atoms with E-state index in [9.17, 15) is 4.79 Å². The van der Waals surface area contributed by atoms with Gasteiger partial charge < -0.3 is 0 Å². The molecule has 0 aliphatic heterocycles. The van der Waals surface area contributed by atoms with Crippen molar-refractivity contribution in [3.05, 3.63) is 34.8 Å². The van der Waals surface area contributed by atoms with Gasteiger partial charge in [0.15, 0.2) is 0 Å². The average molecular weight is 233 g/mol. The van der Waals surface area contributed by atoms with Crippen LogP contribution in [0.25, 0.3) is 0 Å². The first-order valence-electron chi connectivity index (χ1n) is 7.52. The van der Waals surface area contributed by atoms with E-state index < -0.39 is 0 Å². The summed E-state index contributed by atoms with van der Waals surface area (Å²) in [5.74, 6) is 0. The first kappa shape index (κ1) is 8.91. The largest absolute Gasteiger partial charge is 0.298 e. The molecule has 0 bridgehead atoms. The van der Waals surface area contributed by atoms with Crippen molar-refractivity contribution in [2.45, 2.75) is 52.4 Å². The third-order valence-electron chi connectivity index (χ3n) is 5.32. The number of aldehydes is 1. The summed E-state index contributed by atoms with van der Waals surface area (Å²) >= 11 is 0. The fraction of sp³-hybridized carbons (Fsp3) is 0.562. The first-order valence-corrected chi connectivity index (χ1v) is 6.02. The van der Waals surface area contributed by atoms with E-state index in [0.29, 0.717) is 6.29 Å². The molecule has 1 nitrogen and oxygen atoms in total. The summed E-state index contributed by atoms with van der Waals surface area (Å²) in [5, 5.41) is 0. The lowest BCUT2D eigenvalue weighted by atomic mass is 9.59. The fourth-order valence-electron chi connectivity index (χ4n) is 2.82. The topological polar surface area (TPSA) is 17.1 Å². The molecule has 0 saturated heterocycles. The monoisotopic (exact) mass is 233 g/mol. The van der Waals surface area contributed by atoms with Crippen LogP contribution in [0.5, 0.6) is 0 Å². The molecule has 17 heavy (non-hydrogen) atoms. The summed E-state index contributed by atoms with van der Waals surface area (Å²) in [5.41, 5.74) is 0.723. The van der Waals surface area contributed by atoms with E-state index in [2.05, 4.69) is 41.5 Å². The number of carbonyl (C=O) groups excluding carboxylic acids is 1. The van der Waals surface area contributed by atoms with E-state index in [4.69, 9.17) is 4.11 Å². The van der Waals surface area contributed by atoms with E-state index in [1.807, 2.05) is 0 Å². The number of carbonyl (C=O) groups is 1. The number of rotatable bonds is 1. The molecular weight excluding hydrogens is 208 g/mol. The molecule has 2 rings (SSSR count). The Morgan fingerprint density at radius 1 is 1.00 bits per heavy atom. The zero-order valence-electron chi connectivity index (χ0n) is 14.5. The predicted octanol–water partition coefficient (Wildman–Crippen LogP) is 4.09. The Balaban J connectivity index is 3.05. The average Bonchev–Trinajstić information content (AvgIpc) is 2.42. The summed E-state index contributed by atoms with van der Waals surface area (Å²) in [7, 11) is 0. The molecule has 92 valence electrons. The molecule has 1 heteroatoms. The molecule has 1 aromatic carbocycles. The highest BCUT2D eigenvalue weighted by molar-refractivity contribution is 5.76. The van der Waals surface area contributed by atoms with E-state index in [0.717, 1.165) is 11.1 Å². The van der Waals surface area contributed by atoms with Crippen molar-refractivity contribution in [2.24, 2.45) is 5.41 Å². The summed E-state index contributed by atoms with van der Waals surface area (Å²) in [4.78, 5) is 11.2. The second-order valence-corrected chi connectivity index (χ2v) is 6.53. The number of fused-ring (bicyclic) bond motifs is 1. The van der Waals surface area contributed by atoms with Gasteiger partial charge in [-0.25, -0.2) is 0 Å². The van der Waals surface area contributed by atoms with Gasteiger partial charge in [-0.3, -0.25) is 4.79 Å². The van der Waals surface area contributed by atoms with Crippen LogP contribution in [0.1, 0.15) is 67.1 Å². The first-order chi connectivity index (χ1) is 8.92. The minimum Gasteiger partial charge on any atom is -0.298 e. The van der Waals surface area contributed by atoms with Crippen LogP contribution in [0, 0.1) is 5.41 Å². The van der Waals surface area contributed by atoms with Gasteiger partial charge in [-0.2, -0.15) is 0 Å². The van der Waals surface area contributed by atoms with Gasteiger partial charge in [0.1, 0.15) is 6.29 Å². The Hall–Kier alpha value is -1.11. The maximum Gasteiger partial charge on any atom is 0.150 e. The molecule has 0 heterocycles. The molecule has 0 atom stereocenters. The summed E-state index contributed by atoms with van der Waals surface area (Å²) < 4.78 is 24.6. The second kappa shape index (κ2) is 3.22. The molecule has 1 aromatic rings. The molecule has 0 spiro atoms. The lowest BCUT2D eigenvalue weighted by molar-refractivity contribution is 0.112. The highest BCUT2D eigenvalue weighted by Crippen LogP contribution is 2.61. The van der Waals surface area contributed by atoms with Crippen LogP contribution in [-0.2, 0) is 10.8 Å². The molecule has 0 unspecified atom stereocenters. The van der Waals surface area contributed by atoms with Gasteiger partial charge in [0.05, 0.1) is 4.11 Å². The van der Waals surface area contributed by atoms with Gasteiger partial charge in [-0.05, 0) is 33.4 Å². The van der Waals surface area contributed by atoms with Crippen LogP contribution in [0.2, 0.25) is 0 Å². The smallest absolute Gasteiger partial charge is 0.150 e. The van der Waals surface area contributed by atoms with Crippen LogP contribution < -0.4 is 0 Å². The second-order valence-electron chi connectivity index (χ2n) is 6.53. The zero-order valence-corrected chi connectivity index (χ0v) is 11.5. The van der Waals surface area contributed by atoms with E-state index in [1.165, 1.54) is 0 Å². The van der Waals surface area contributed by atoms with Gasteiger partial charge in [0, 0.05) is 5.56 Å². The number of hydrogen-bond acceptors (Lipinski definition) is 1. The Morgan fingerprint density at radius 3 is 2.06 bits per heavy atom. The minimum atomic E-state index is -0.329. The van der Waals surface area contributed by atoms with Gasteiger partial charge in [0.2, 0.25) is 0 Å². The molecule has 0 aromatic heterocycles. The van der Waals surface area contributed by atoms with Gasteiger partial charge in [0.25, 0.3) is 0 Å². The van der Waals surface area contributed by atoms with Crippen LogP contribution in [0.15, 0.2) is 18.1 Å². The van der Waals surface area contributed by atoms with Gasteiger partial charge in [-0.1, -0.05) is 53.6 Å². The van der Waals surface area contributed by atoms with Crippen LogP contribution in [0.3, 0.4) is 0 Å². The van der Waals surface area contributed by atoms with Crippen LogP contribution in [0.4, 0.5) is 0 Å². The van der Waals surface area contributed by atoms with E-state index in [-0.39, 0.29) is 39.9 Å². The fourth-order valence-corrected chi connectivity index (χ4v) is 2.82. The normalized spacial score (nSPS) is 25.6. The van der Waals surface area contributed by atoms with Crippen molar-refractivity contribution in [3.63, 3.8) is 0 Å². The molecule has 0 fully saturated rings. The van der Waals surface area contributed by atoms with Gasteiger partial charge in [-0.15, -0.1) is 0 Å². The highest BCUT2D eigenvalue weighted by Gasteiger charge is 2.56. The highest BCUT2D eigenvalue weighted by atomic mass is 16.1. The van der Waals surface area contributed by atoms with Crippen molar-refractivity contribution in [1.29, 1.82) is 0 Å². The SMILES string of the molecule is [2H]c1c([2H])c2c(c([2H])c1C=O)C(C)(C)C(C)(C)C2(C)C. The Bertz CT molecular complexity index is 613. The third-order valence-corrected chi connectivity index (χ3v) is 5.32. The molecule has 0 N–H and O–H groups in total. The quantitative estimate of drug-likeness (QED) is 0.668. The van der Waals surface area contributed by atoms with E-state index in [1.54, 1.807) is 0 Å². The maximum absolute atomic E-state index is 11.2. The number of hydrogen-bond donors (Lipinski definition) is 0. The summed E-state index contributed by atoms with van der Waals surface area (Å²) in [6, 6.07) is 0.103. The molecular formula is C16H22O. The molecule has 1 aliphatic rings. The predicted molar refractivity (Wildman–Crippen MR) is 71.7 cm³/mol. The van der Waals surface area contributed by atoms with Crippen molar-refractivity contribution in [2.75, 3.05) is 0 Å². The molecule has 0 amide bonds. The van der Waals surface area contributed by atoms with E-state index >= 15 is 0 Å². The lowest BCUT2D eigenvalue weighted by Crippen LogP contribution is -2.42. The standard InChI is InChI=1S/C16H22O/c1-14(2)12-8-7-11(10-17)9-13(12)15(3,4)16(14,5)6/h7-10H,1-6H3/i7D,8D,9D. The van der Waals surface area contributed by atoms with Crippen molar-refractivity contribution < 1.29 is 8.91 Å². The summed E-state index contributed by atoms with van der Waals surface area (Å²) in [6.45, 7) is 12.5. The lowest BCUT2D eigenvalue weighted by Gasteiger charge is -2.44. The zero-order chi connectivity index (χ0) is 15.7. The molecule has 1 aliphatic carbocycles. The molecule has 0 radical (unpaired) electrons. The Kier molecular flexibility index (Phi) is 1.68. The third kappa shape index (κ3) is 1.28. The van der Waals surface area contributed by atoms with Crippen molar-refractivity contribution in [3.8, 4) is 0 Å². The minimum absolute atomic E-state index is 0.0373. The van der Waals surface area contributed by atoms with Crippen LogP contribution in [-0.4, -0.2) is 6.29 Å². The van der Waals surface area contributed by atoms with Gasteiger partial charge >= 0.3 is 0 Å².